The van der Waals surface area contributed by atoms with Gasteiger partial charge in [0.2, 0.25) is 5.91 Å². The molecule has 2 aliphatic heterocycles. The fraction of sp³-hybridized carbons (Fsp3) is 0.920. The summed E-state index contributed by atoms with van der Waals surface area (Å²) in [6.07, 6.45) is -8.07. The molecule has 3 fully saturated rings. The molecule has 244 valence electrons. The fourth-order valence-electron chi connectivity index (χ4n) is 5.59. The predicted octanol–water partition coefficient (Wildman–Crippen LogP) is -5.72. The molecular formula is C25H49N7O10. The molecule has 0 spiro atoms. The first-order valence-corrected chi connectivity index (χ1v) is 14.3. The van der Waals surface area contributed by atoms with Gasteiger partial charge in [-0.2, -0.15) is 0 Å². The van der Waals surface area contributed by atoms with E-state index in [2.05, 4.69) is 15.6 Å². The van der Waals surface area contributed by atoms with Gasteiger partial charge in [0.05, 0.1) is 37.4 Å². The van der Waals surface area contributed by atoms with Gasteiger partial charge in [-0.3, -0.25) is 9.79 Å². The lowest BCUT2D eigenvalue weighted by Gasteiger charge is -2.49. The number of amidine groups is 1. The minimum Gasteiger partial charge on any atom is -0.388 e. The monoisotopic (exact) mass is 607 g/mol. The summed E-state index contributed by atoms with van der Waals surface area (Å²) in [6, 6.07) is -3.14. The molecule has 0 aromatic carbocycles. The topological polar surface area (TPSA) is 296 Å². The highest BCUT2D eigenvalue weighted by molar-refractivity contribution is 5.81. The zero-order valence-electron chi connectivity index (χ0n) is 24.1. The van der Waals surface area contributed by atoms with E-state index in [1.54, 1.807) is 7.05 Å². The minimum atomic E-state index is -1.48. The first kappa shape index (κ1) is 34.9. The van der Waals surface area contributed by atoms with Crippen LogP contribution in [0.1, 0.15) is 32.6 Å². The van der Waals surface area contributed by atoms with Gasteiger partial charge in [0.1, 0.15) is 48.6 Å². The molecule has 3 aliphatic rings. The highest BCUT2D eigenvalue weighted by Crippen LogP contribution is 2.32. The van der Waals surface area contributed by atoms with Crippen molar-refractivity contribution in [2.24, 2.45) is 27.9 Å². The number of nitrogens with zero attached hydrogens (tertiary/aromatic N) is 1. The first-order valence-electron chi connectivity index (χ1n) is 14.3. The number of aliphatic hydroxyl groups excluding tert-OH is 4. The van der Waals surface area contributed by atoms with Crippen molar-refractivity contribution in [3.63, 3.8) is 0 Å². The Labute approximate surface area is 244 Å². The number of carbonyl (C=O) groups excluding carboxylic acids is 1. The fourth-order valence-corrected chi connectivity index (χ4v) is 5.59. The third kappa shape index (κ3) is 8.53. The van der Waals surface area contributed by atoms with Crippen molar-refractivity contribution in [2.45, 2.75) is 112 Å². The van der Waals surface area contributed by atoms with Crippen LogP contribution in [0.15, 0.2) is 4.99 Å². The Morgan fingerprint density at radius 3 is 2.48 bits per heavy atom. The molecule has 17 heteroatoms. The van der Waals surface area contributed by atoms with Crippen LogP contribution in [0.3, 0.4) is 0 Å². The average Bonchev–Trinajstić information content (AvgIpc) is 2.94. The Morgan fingerprint density at radius 1 is 1.14 bits per heavy atom. The molecule has 1 amide bonds. The number of ether oxygens (including phenoxy) is 4. The van der Waals surface area contributed by atoms with Crippen LogP contribution in [0.4, 0.5) is 0 Å². The van der Waals surface area contributed by atoms with E-state index in [9.17, 15) is 25.2 Å². The van der Waals surface area contributed by atoms with Gasteiger partial charge in [0, 0.05) is 6.04 Å². The molecule has 0 radical (unpaired) electrons. The number of amides is 1. The molecule has 0 unspecified atom stereocenters. The summed E-state index contributed by atoms with van der Waals surface area (Å²) in [5.74, 6) is -0.670. The lowest BCUT2D eigenvalue weighted by atomic mass is 9.83. The van der Waals surface area contributed by atoms with Gasteiger partial charge in [-0.1, -0.05) is 0 Å². The molecular weight excluding hydrogens is 558 g/mol. The maximum atomic E-state index is 12.7. The number of aliphatic hydroxyl groups is 5. The maximum absolute atomic E-state index is 12.7. The van der Waals surface area contributed by atoms with Crippen molar-refractivity contribution >= 4 is 11.7 Å². The molecule has 3 rings (SSSR count). The molecule has 42 heavy (non-hydrogen) atoms. The smallest absolute Gasteiger partial charge is 0.249 e. The van der Waals surface area contributed by atoms with Gasteiger partial charge >= 0.3 is 0 Å². The number of nitrogens with one attached hydrogen (secondary N) is 2. The highest BCUT2D eigenvalue weighted by Gasteiger charge is 2.52. The lowest BCUT2D eigenvalue weighted by Crippen LogP contribution is -2.69. The summed E-state index contributed by atoms with van der Waals surface area (Å²) in [5.41, 5.74) is 22.3. The van der Waals surface area contributed by atoms with Crippen molar-refractivity contribution in [1.82, 2.24) is 10.6 Å². The van der Waals surface area contributed by atoms with E-state index < -0.39 is 84.9 Å². The molecule has 1 aliphatic carbocycles. The van der Waals surface area contributed by atoms with Crippen LogP contribution in [-0.4, -0.2) is 150 Å². The largest absolute Gasteiger partial charge is 0.388 e. The maximum Gasteiger partial charge on any atom is 0.249 e. The summed E-state index contributed by atoms with van der Waals surface area (Å²) in [6.45, 7) is 1.17. The summed E-state index contributed by atoms with van der Waals surface area (Å²) >= 11 is 0. The van der Waals surface area contributed by atoms with Crippen LogP contribution in [0.25, 0.3) is 0 Å². The van der Waals surface area contributed by atoms with E-state index in [0.717, 1.165) is 0 Å². The number of hydrogen-bond acceptors (Lipinski definition) is 15. The van der Waals surface area contributed by atoms with E-state index in [0.29, 0.717) is 12.8 Å². The number of aliphatic imine (C=N–C) groups is 1. The minimum absolute atomic E-state index is 0.0138. The van der Waals surface area contributed by atoms with Gasteiger partial charge in [-0.05, 0) is 46.2 Å². The van der Waals surface area contributed by atoms with Crippen LogP contribution in [0.2, 0.25) is 0 Å². The van der Waals surface area contributed by atoms with E-state index in [4.69, 9.17) is 47.0 Å². The van der Waals surface area contributed by atoms with Gasteiger partial charge in [-0.25, -0.2) is 0 Å². The molecule has 13 atom stereocenters. The van der Waals surface area contributed by atoms with Gasteiger partial charge in [-0.15, -0.1) is 0 Å². The second-order valence-electron chi connectivity index (χ2n) is 11.5. The van der Waals surface area contributed by atoms with Crippen LogP contribution >= 0.6 is 0 Å². The molecule has 2 heterocycles. The van der Waals surface area contributed by atoms with E-state index >= 15 is 0 Å². The van der Waals surface area contributed by atoms with Crippen molar-refractivity contribution in [3.05, 3.63) is 0 Å². The zero-order chi connectivity index (χ0) is 31.2. The van der Waals surface area contributed by atoms with Gasteiger partial charge < -0.3 is 78.0 Å². The summed E-state index contributed by atoms with van der Waals surface area (Å²) in [5, 5.41) is 57.8. The summed E-state index contributed by atoms with van der Waals surface area (Å²) < 4.78 is 23.8. The molecule has 2 saturated heterocycles. The Hall–Kier alpha value is -1.58. The van der Waals surface area contributed by atoms with Gasteiger partial charge in [0.15, 0.2) is 12.6 Å². The third-order valence-corrected chi connectivity index (χ3v) is 7.97. The SMILES string of the molecule is CN[C@@H]1[C@@H](O)[C@@H](O[C@@H]2[C@@H](O)[C@H](O[C@H]3O[C@H](CN=C(N)CO)CC[C@H]3N)[C@@H](N)C[C@H]2NC(=O)[C@@H](O)CCN)OC[C@]1(C)O. The van der Waals surface area contributed by atoms with Crippen molar-refractivity contribution in [2.75, 3.05) is 33.4 Å². The summed E-state index contributed by atoms with van der Waals surface area (Å²) in [4.78, 5) is 16.8. The van der Waals surface area contributed by atoms with Crippen molar-refractivity contribution < 1.29 is 49.3 Å². The number of hydrogen-bond donors (Lipinski definition) is 11. The highest BCUT2D eigenvalue weighted by atomic mass is 16.7. The number of carbonyl (C=O) groups is 1. The molecule has 0 bridgehead atoms. The second-order valence-corrected chi connectivity index (χ2v) is 11.5. The number of rotatable bonds is 12. The van der Waals surface area contributed by atoms with Gasteiger partial charge in [0.25, 0.3) is 0 Å². The Balaban J connectivity index is 1.80. The van der Waals surface area contributed by atoms with Crippen molar-refractivity contribution in [3.8, 4) is 0 Å². The van der Waals surface area contributed by atoms with Crippen LogP contribution in [0, 0.1) is 0 Å². The van der Waals surface area contributed by atoms with E-state index in [-0.39, 0.29) is 45.0 Å². The molecule has 17 nitrogen and oxygen atoms in total. The average molecular weight is 608 g/mol. The van der Waals surface area contributed by atoms with E-state index in [1.165, 1.54) is 6.92 Å². The van der Waals surface area contributed by atoms with Crippen LogP contribution < -0.4 is 33.6 Å². The number of likely N-dealkylation sites (N-methyl/N-ethyl adjacent to an activating group) is 1. The third-order valence-electron chi connectivity index (χ3n) is 7.97. The molecule has 0 aromatic rings. The Kier molecular flexibility index (Phi) is 12.8. The van der Waals surface area contributed by atoms with E-state index in [1.807, 2.05) is 0 Å². The molecule has 0 aromatic heterocycles. The van der Waals surface area contributed by atoms with Crippen LogP contribution in [-0.2, 0) is 23.7 Å². The normalized spacial score (nSPS) is 42.2. The predicted molar refractivity (Wildman–Crippen MR) is 149 cm³/mol. The first-order chi connectivity index (χ1) is 19.8. The molecule has 1 saturated carbocycles. The van der Waals surface area contributed by atoms with Crippen LogP contribution in [0.5, 0.6) is 0 Å². The number of nitrogens with two attached hydrogens (primary N) is 4. The Bertz CT molecular complexity index is 902. The lowest BCUT2D eigenvalue weighted by molar-refractivity contribution is -0.307. The zero-order valence-corrected chi connectivity index (χ0v) is 24.1. The van der Waals surface area contributed by atoms with Crippen molar-refractivity contribution in [1.29, 1.82) is 0 Å². The standard InChI is InChI=1S/C25H49N7O10/c1-25(38)10-39-24(18(36)21(25)30-2)42-20-14(32-22(37)15(34)5-6-26)7-13(28)19(17(20)35)41-23-12(27)4-3-11(40-23)8-31-16(29)9-33/h11-15,17-21,23-24,30,33-36,38H,3-10,26-28H2,1-2H3,(H2,29,31)(H,32,37)/t11-,12+,13-,14+,15-,17-,18+,19+,20-,21+,23+,24+,25-/m0/s1. The second kappa shape index (κ2) is 15.4. The Morgan fingerprint density at radius 2 is 1.83 bits per heavy atom. The molecule has 15 N–H and O–H groups in total. The quantitative estimate of drug-likeness (QED) is 0.0727. The summed E-state index contributed by atoms with van der Waals surface area (Å²) in [7, 11) is 1.56.